The van der Waals surface area contributed by atoms with Gasteiger partial charge in [0.1, 0.15) is 0 Å². The highest BCUT2D eigenvalue weighted by Crippen LogP contribution is 2.51. The lowest BCUT2D eigenvalue weighted by atomic mass is 9.82. The van der Waals surface area contributed by atoms with Crippen LogP contribution in [0.4, 0.5) is 0 Å². The molecule has 19 heavy (non-hydrogen) atoms. The summed E-state index contributed by atoms with van der Waals surface area (Å²) in [5, 5.41) is 3.69. The standard InChI is InChI=1S/C17H26N2/c1-3-18-17(16-5-4-8-19-12(16)2)11-15-10-13-6-7-14(15)9-13/h4-5,8,13-15,17-18H,3,6-7,9-11H2,1-2H3. The number of nitrogens with zero attached hydrogens (tertiary/aromatic N) is 1. The molecule has 0 amide bonds. The Morgan fingerprint density at radius 2 is 2.26 bits per heavy atom. The van der Waals surface area contributed by atoms with Crippen molar-refractivity contribution in [1.82, 2.24) is 10.3 Å². The number of hydrogen-bond donors (Lipinski definition) is 1. The maximum Gasteiger partial charge on any atom is 0.0420 e. The number of aryl methyl sites for hydroxylation is 1. The summed E-state index contributed by atoms with van der Waals surface area (Å²) in [6, 6.07) is 4.83. The zero-order valence-electron chi connectivity index (χ0n) is 12.2. The van der Waals surface area contributed by atoms with E-state index in [1.54, 1.807) is 0 Å². The smallest absolute Gasteiger partial charge is 0.0420 e. The lowest BCUT2D eigenvalue weighted by molar-refractivity contribution is 0.280. The van der Waals surface area contributed by atoms with Gasteiger partial charge in [-0.25, -0.2) is 0 Å². The number of aromatic nitrogens is 1. The molecule has 0 spiro atoms. The van der Waals surface area contributed by atoms with Crippen LogP contribution in [0.25, 0.3) is 0 Å². The summed E-state index contributed by atoms with van der Waals surface area (Å²) in [5.74, 6) is 3.01. The summed E-state index contributed by atoms with van der Waals surface area (Å²) < 4.78 is 0. The van der Waals surface area contributed by atoms with E-state index >= 15 is 0 Å². The highest BCUT2D eigenvalue weighted by Gasteiger charge is 2.40. The number of hydrogen-bond acceptors (Lipinski definition) is 2. The van der Waals surface area contributed by atoms with Crippen molar-refractivity contribution in [3.8, 4) is 0 Å². The van der Waals surface area contributed by atoms with Crippen LogP contribution < -0.4 is 5.32 Å². The van der Waals surface area contributed by atoms with Crippen LogP contribution in [0.1, 0.15) is 56.3 Å². The zero-order valence-corrected chi connectivity index (χ0v) is 12.2. The molecule has 2 aliphatic carbocycles. The maximum absolute atomic E-state index is 4.46. The third-order valence-electron chi connectivity index (χ3n) is 5.30. The monoisotopic (exact) mass is 258 g/mol. The fraction of sp³-hybridized carbons (Fsp3) is 0.706. The van der Waals surface area contributed by atoms with Crippen LogP contribution in [0.5, 0.6) is 0 Å². The first-order chi connectivity index (χ1) is 9.28. The van der Waals surface area contributed by atoms with Crippen LogP contribution in [0.15, 0.2) is 18.3 Å². The Morgan fingerprint density at radius 1 is 1.37 bits per heavy atom. The molecule has 0 radical (unpaired) electrons. The number of pyridine rings is 1. The molecule has 1 heterocycles. The largest absolute Gasteiger partial charge is 0.310 e. The van der Waals surface area contributed by atoms with Gasteiger partial charge in [-0.15, -0.1) is 0 Å². The predicted molar refractivity (Wildman–Crippen MR) is 78.9 cm³/mol. The van der Waals surface area contributed by atoms with Gasteiger partial charge in [0.15, 0.2) is 0 Å². The molecular weight excluding hydrogens is 232 g/mol. The van der Waals surface area contributed by atoms with Crippen molar-refractivity contribution in [2.75, 3.05) is 6.54 Å². The predicted octanol–water partition coefficient (Wildman–Crippen LogP) is 3.87. The molecule has 1 N–H and O–H groups in total. The number of rotatable bonds is 5. The quantitative estimate of drug-likeness (QED) is 0.867. The molecule has 1 aromatic heterocycles. The minimum absolute atomic E-state index is 0.503. The Balaban J connectivity index is 1.73. The van der Waals surface area contributed by atoms with Gasteiger partial charge in [0.25, 0.3) is 0 Å². The van der Waals surface area contributed by atoms with Crippen molar-refractivity contribution in [1.29, 1.82) is 0 Å². The van der Waals surface area contributed by atoms with E-state index in [4.69, 9.17) is 0 Å². The molecule has 4 unspecified atom stereocenters. The molecule has 1 aromatic rings. The zero-order chi connectivity index (χ0) is 13.2. The van der Waals surface area contributed by atoms with Crippen LogP contribution >= 0.6 is 0 Å². The minimum Gasteiger partial charge on any atom is -0.310 e. The molecule has 0 saturated heterocycles. The molecule has 2 nitrogen and oxygen atoms in total. The Bertz CT molecular complexity index is 429. The Hall–Kier alpha value is -0.890. The average molecular weight is 258 g/mol. The third kappa shape index (κ3) is 2.69. The van der Waals surface area contributed by atoms with E-state index in [1.165, 1.54) is 43.4 Å². The first-order valence-electron chi connectivity index (χ1n) is 7.92. The molecule has 0 aliphatic heterocycles. The molecular formula is C17H26N2. The molecule has 2 bridgehead atoms. The van der Waals surface area contributed by atoms with E-state index in [9.17, 15) is 0 Å². The van der Waals surface area contributed by atoms with Crippen LogP contribution in [0.2, 0.25) is 0 Å². The maximum atomic E-state index is 4.46. The number of fused-ring (bicyclic) bond motifs is 2. The normalized spacial score (nSPS) is 30.7. The van der Waals surface area contributed by atoms with E-state index < -0.39 is 0 Å². The second-order valence-electron chi connectivity index (χ2n) is 6.46. The summed E-state index contributed by atoms with van der Waals surface area (Å²) in [6.07, 6.45) is 9.18. The number of nitrogens with one attached hydrogen (secondary N) is 1. The van der Waals surface area contributed by atoms with Crippen LogP contribution in [-0.4, -0.2) is 11.5 Å². The summed E-state index contributed by atoms with van der Waals surface area (Å²) in [4.78, 5) is 4.46. The fourth-order valence-electron chi connectivity index (χ4n) is 4.40. The fourth-order valence-corrected chi connectivity index (χ4v) is 4.40. The van der Waals surface area contributed by atoms with Crippen molar-refractivity contribution in [3.05, 3.63) is 29.6 Å². The van der Waals surface area contributed by atoms with E-state index in [0.717, 1.165) is 24.3 Å². The first kappa shape index (κ1) is 13.1. The summed E-state index contributed by atoms with van der Waals surface area (Å²) in [7, 11) is 0. The van der Waals surface area contributed by atoms with E-state index in [-0.39, 0.29) is 0 Å². The third-order valence-corrected chi connectivity index (χ3v) is 5.30. The van der Waals surface area contributed by atoms with E-state index in [0.29, 0.717) is 6.04 Å². The second kappa shape index (κ2) is 5.62. The van der Waals surface area contributed by atoms with Crippen molar-refractivity contribution in [3.63, 3.8) is 0 Å². The van der Waals surface area contributed by atoms with Gasteiger partial charge < -0.3 is 5.32 Å². The second-order valence-corrected chi connectivity index (χ2v) is 6.46. The van der Waals surface area contributed by atoms with E-state index in [2.05, 4.69) is 36.3 Å². The van der Waals surface area contributed by atoms with Crippen molar-refractivity contribution < 1.29 is 0 Å². The van der Waals surface area contributed by atoms with Crippen molar-refractivity contribution in [2.45, 2.75) is 52.0 Å². The molecule has 4 atom stereocenters. The minimum atomic E-state index is 0.503. The SMILES string of the molecule is CCNC(CC1CC2CCC1C2)c1cccnc1C. The van der Waals surface area contributed by atoms with Crippen LogP contribution in [-0.2, 0) is 0 Å². The molecule has 2 fully saturated rings. The van der Waals surface area contributed by atoms with Gasteiger partial charge in [-0.05, 0) is 68.5 Å². The van der Waals surface area contributed by atoms with Gasteiger partial charge in [0.05, 0.1) is 0 Å². The summed E-state index contributed by atoms with van der Waals surface area (Å²) >= 11 is 0. The van der Waals surface area contributed by atoms with Gasteiger partial charge in [0, 0.05) is 17.9 Å². The van der Waals surface area contributed by atoms with Gasteiger partial charge in [-0.1, -0.05) is 19.4 Å². The van der Waals surface area contributed by atoms with Gasteiger partial charge >= 0.3 is 0 Å². The highest BCUT2D eigenvalue weighted by molar-refractivity contribution is 5.22. The van der Waals surface area contributed by atoms with Crippen LogP contribution in [0.3, 0.4) is 0 Å². The molecule has 2 heteroatoms. The molecule has 3 rings (SSSR count). The average Bonchev–Trinajstić information content (AvgIpc) is 3.01. The molecule has 0 aromatic carbocycles. The summed E-state index contributed by atoms with van der Waals surface area (Å²) in [6.45, 7) is 5.39. The highest BCUT2D eigenvalue weighted by atomic mass is 14.9. The topological polar surface area (TPSA) is 24.9 Å². The van der Waals surface area contributed by atoms with Gasteiger partial charge in [0.2, 0.25) is 0 Å². The lowest BCUT2D eigenvalue weighted by Gasteiger charge is -2.28. The van der Waals surface area contributed by atoms with Crippen LogP contribution in [0, 0.1) is 24.7 Å². The Labute approximate surface area is 117 Å². The van der Waals surface area contributed by atoms with Gasteiger partial charge in [-0.3, -0.25) is 4.98 Å². The lowest BCUT2D eigenvalue weighted by Crippen LogP contribution is -2.26. The Kier molecular flexibility index (Phi) is 3.88. The van der Waals surface area contributed by atoms with Crippen molar-refractivity contribution in [2.24, 2.45) is 17.8 Å². The molecule has 2 aliphatic rings. The molecule has 104 valence electrons. The van der Waals surface area contributed by atoms with Crippen molar-refractivity contribution >= 4 is 0 Å². The molecule has 2 saturated carbocycles. The van der Waals surface area contributed by atoms with Gasteiger partial charge in [-0.2, -0.15) is 0 Å². The first-order valence-corrected chi connectivity index (χ1v) is 7.92. The Morgan fingerprint density at radius 3 is 2.89 bits per heavy atom. The van der Waals surface area contributed by atoms with E-state index in [1.807, 2.05) is 6.20 Å². The summed E-state index contributed by atoms with van der Waals surface area (Å²) in [5.41, 5.74) is 2.60.